The molecule has 4 aliphatic heterocycles. The fourth-order valence-corrected chi connectivity index (χ4v) is 19.7. The molecule has 4 N–H and O–H groups in total. The number of aliphatic hydroxyl groups is 2. The Morgan fingerprint density at radius 2 is 0.971 bits per heavy atom. The zero-order chi connectivity index (χ0) is 47.5. The average molecular weight is 933 g/mol. The van der Waals surface area contributed by atoms with E-state index < -0.39 is 33.2 Å². The van der Waals surface area contributed by atoms with E-state index in [1.807, 2.05) is 28.1 Å². The molecule has 10 nitrogen and oxygen atoms in total. The Balaban J connectivity index is 0.957. The molecular weight excluding hydrogens is 853 g/mol. The Hall–Kier alpha value is -2.60. The van der Waals surface area contributed by atoms with Gasteiger partial charge in [0.25, 0.3) is 0 Å². The summed E-state index contributed by atoms with van der Waals surface area (Å²) in [6, 6.07) is 5.00. The maximum Gasteiger partial charge on any atom is 0.166 e. The quantitative estimate of drug-likeness (QED) is 0.194. The molecule has 0 aromatic heterocycles. The summed E-state index contributed by atoms with van der Waals surface area (Å²) in [4.78, 5) is 5.67. The topological polar surface area (TPSA) is 124 Å². The number of likely N-dealkylation sites (tertiary alicyclic amines) is 2. The molecule has 14 atom stereocenters. The molecule has 2 saturated heterocycles. The summed E-state index contributed by atoms with van der Waals surface area (Å²) in [6.07, 6.45) is 13.4. The minimum atomic E-state index is -1.04. The summed E-state index contributed by atoms with van der Waals surface area (Å²) < 4.78 is 28.8. The Labute approximate surface area is 404 Å². The van der Waals surface area contributed by atoms with Crippen molar-refractivity contribution in [1.29, 1.82) is 0 Å². The van der Waals surface area contributed by atoms with Gasteiger partial charge in [0.1, 0.15) is 23.4 Å². The lowest BCUT2D eigenvalue weighted by Crippen LogP contribution is -2.83. The van der Waals surface area contributed by atoms with E-state index in [1.165, 1.54) is 47.9 Å². The second-order valence-electron chi connectivity index (χ2n) is 28.0. The standard InChI is InChI=1S/C58H80N2O8/c1-49(2,3)51(7,63)37-27-53-15-17-57(37,65-9)47-55(53)19-21-59(29-31-11-12-31)39(53)25-33-23-35(43(61)45(67-47)41(33)55)36-24-34-26-40-54-16-18-58(66-10,38(28-54)52(8,64)50(4,5)6)48-56(54,42(34)46(68-48)44(36)62)20-22-60(40)30-32-13-14-32/h23-24,31-32,37-40,47-48,61-64H,11-22,25-30H2,1-10H3/t37-,38-,39-,40-,47-,48-,51+,52+,53-,54?,55+,56+,57-,58-/m1/s1. The van der Waals surface area contributed by atoms with Crippen molar-refractivity contribution in [2.45, 2.75) is 203 Å². The molecule has 1 unspecified atom stereocenters. The van der Waals surface area contributed by atoms with Crippen LogP contribution in [0, 0.1) is 45.3 Å². The van der Waals surface area contributed by atoms with Gasteiger partial charge in [-0.2, -0.15) is 0 Å². The number of nitrogens with zero attached hydrogens (tertiary/aromatic N) is 2. The number of aromatic hydroxyl groups is 2. The highest BCUT2D eigenvalue weighted by molar-refractivity contribution is 5.86. The predicted molar refractivity (Wildman–Crippen MR) is 259 cm³/mol. The Morgan fingerprint density at radius 3 is 1.31 bits per heavy atom. The molecule has 10 heteroatoms. The molecule has 4 heterocycles. The van der Waals surface area contributed by atoms with Gasteiger partial charge in [0.15, 0.2) is 23.0 Å². The summed E-state index contributed by atoms with van der Waals surface area (Å²) in [5.41, 5.74) is 0.598. The monoisotopic (exact) mass is 933 g/mol. The van der Waals surface area contributed by atoms with Crippen LogP contribution >= 0.6 is 0 Å². The molecule has 8 bridgehead atoms. The number of phenolic OH excluding ortho intramolecular Hbond substituents is 2. The zero-order valence-corrected chi connectivity index (χ0v) is 42.8. The van der Waals surface area contributed by atoms with Crippen molar-refractivity contribution in [3.05, 3.63) is 34.4 Å². The SMILES string of the molecule is CO[C@]12CCC3(C[C@@H]1[C@](C)(O)C(C)(C)C)[C@H]1Cc4cc(-c5cc6c7c(c5O)O[C@H]5[C@@]8(OC)CC[C@@]9(C[C@@H]8[C@](C)(O)C(C)(C)C)[C@@H](C6)N(CC6CC6)CC[C@]759)c(O)c5c4[C@@]3(CCN1CC1CC1)[C@H]2O5. The second-order valence-corrected chi connectivity index (χ2v) is 28.0. The van der Waals surface area contributed by atoms with E-state index >= 15 is 0 Å². The van der Waals surface area contributed by atoms with Gasteiger partial charge >= 0.3 is 0 Å². The highest BCUT2D eigenvalue weighted by Crippen LogP contribution is 2.81. The van der Waals surface area contributed by atoms with E-state index in [4.69, 9.17) is 18.9 Å². The first-order valence-electron chi connectivity index (χ1n) is 27.2. The molecule has 8 saturated carbocycles. The van der Waals surface area contributed by atoms with Gasteiger partial charge in [0.2, 0.25) is 0 Å². The van der Waals surface area contributed by atoms with E-state index in [9.17, 15) is 20.4 Å². The van der Waals surface area contributed by atoms with Crippen molar-refractivity contribution in [3.8, 4) is 34.1 Å². The normalized spacial score (nSPS) is 44.2. The lowest BCUT2D eigenvalue weighted by molar-refractivity contribution is -0.312. The Kier molecular flexibility index (Phi) is 8.40. The summed E-state index contributed by atoms with van der Waals surface area (Å²) >= 11 is 0. The maximum atomic E-state index is 13.1. The number of fused-ring (bicyclic) bond motifs is 4. The van der Waals surface area contributed by atoms with E-state index in [-0.39, 0.29) is 69.3 Å². The summed E-state index contributed by atoms with van der Waals surface area (Å²) in [5.74, 6) is 2.48. The van der Waals surface area contributed by atoms with Gasteiger partial charge in [0, 0.05) is 95.1 Å². The third-order valence-corrected chi connectivity index (χ3v) is 24.2. The van der Waals surface area contributed by atoms with Crippen LogP contribution in [0.1, 0.15) is 155 Å². The van der Waals surface area contributed by atoms with Crippen LogP contribution in [-0.4, -0.2) is 117 Å². The number of ether oxygens (including phenoxy) is 4. The van der Waals surface area contributed by atoms with Crippen molar-refractivity contribution in [2.75, 3.05) is 40.4 Å². The van der Waals surface area contributed by atoms with Crippen LogP contribution in [0.3, 0.4) is 0 Å². The highest BCUT2D eigenvalue weighted by Gasteiger charge is 2.84. The molecule has 10 fully saturated rings. The lowest BCUT2D eigenvalue weighted by atomic mass is 9.33. The van der Waals surface area contributed by atoms with E-state index in [1.54, 1.807) is 0 Å². The number of phenols is 2. The van der Waals surface area contributed by atoms with Crippen molar-refractivity contribution in [1.82, 2.24) is 9.80 Å². The first-order chi connectivity index (χ1) is 32.0. The van der Waals surface area contributed by atoms with Crippen LogP contribution in [0.4, 0.5) is 0 Å². The van der Waals surface area contributed by atoms with Gasteiger partial charge in [-0.05, 0) is 163 Å². The molecule has 4 spiro atoms. The fourth-order valence-electron chi connectivity index (χ4n) is 19.7. The number of hydrogen-bond acceptors (Lipinski definition) is 10. The molecule has 16 rings (SSSR count). The minimum absolute atomic E-state index is 0.0971. The number of benzene rings is 2. The third kappa shape index (κ3) is 4.69. The van der Waals surface area contributed by atoms with Crippen molar-refractivity contribution >= 4 is 0 Å². The van der Waals surface area contributed by atoms with Crippen LogP contribution in [0.2, 0.25) is 0 Å². The van der Waals surface area contributed by atoms with Gasteiger partial charge < -0.3 is 39.4 Å². The zero-order valence-electron chi connectivity index (χ0n) is 42.8. The first-order valence-corrected chi connectivity index (χ1v) is 27.2. The summed E-state index contributed by atoms with van der Waals surface area (Å²) in [5, 5.41) is 51.9. The molecule has 370 valence electrons. The molecule has 68 heavy (non-hydrogen) atoms. The first kappa shape index (κ1) is 44.1. The summed E-state index contributed by atoms with van der Waals surface area (Å²) in [6.45, 7) is 21.3. The highest BCUT2D eigenvalue weighted by atomic mass is 16.6. The molecule has 0 amide bonds. The summed E-state index contributed by atoms with van der Waals surface area (Å²) in [7, 11) is 3.68. The molecule has 0 radical (unpaired) electrons. The second kappa shape index (κ2) is 12.9. The van der Waals surface area contributed by atoms with Crippen LogP contribution < -0.4 is 9.47 Å². The molecule has 2 aromatic rings. The van der Waals surface area contributed by atoms with Gasteiger partial charge in [-0.15, -0.1) is 0 Å². The largest absolute Gasteiger partial charge is 0.504 e. The van der Waals surface area contributed by atoms with Gasteiger partial charge in [-0.1, -0.05) is 41.5 Å². The number of piperidine rings is 2. The molecule has 10 aliphatic carbocycles. The van der Waals surface area contributed by atoms with E-state index in [0.29, 0.717) is 22.6 Å². The van der Waals surface area contributed by atoms with Crippen molar-refractivity contribution < 1.29 is 39.4 Å². The molecule has 2 aromatic carbocycles. The van der Waals surface area contributed by atoms with Gasteiger partial charge in [0.05, 0.1) is 11.2 Å². The maximum absolute atomic E-state index is 13.1. The Morgan fingerprint density at radius 1 is 0.588 bits per heavy atom. The smallest absolute Gasteiger partial charge is 0.166 e. The van der Waals surface area contributed by atoms with Crippen LogP contribution in [0.25, 0.3) is 11.1 Å². The lowest BCUT2D eigenvalue weighted by Gasteiger charge is -2.75. The minimum Gasteiger partial charge on any atom is -0.504 e. The number of rotatable bonds is 9. The van der Waals surface area contributed by atoms with E-state index in [2.05, 4.69) is 63.5 Å². The average Bonchev–Trinajstić information content (AvgIpc) is 4.22. The van der Waals surface area contributed by atoms with Crippen molar-refractivity contribution in [2.24, 2.45) is 45.3 Å². The van der Waals surface area contributed by atoms with Crippen molar-refractivity contribution in [3.63, 3.8) is 0 Å². The van der Waals surface area contributed by atoms with Gasteiger partial charge in [-0.3, -0.25) is 9.80 Å². The fraction of sp³-hybridized carbons (Fsp3) is 0.793. The third-order valence-electron chi connectivity index (χ3n) is 24.2. The number of methoxy groups -OCH3 is 2. The van der Waals surface area contributed by atoms with Gasteiger partial charge in [-0.25, -0.2) is 0 Å². The van der Waals surface area contributed by atoms with Crippen LogP contribution in [-0.2, 0) is 33.1 Å². The Bertz CT molecular complexity index is 2380. The molecule has 14 aliphatic rings. The predicted octanol–water partition coefficient (Wildman–Crippen LogP) is 8.81. The molecular formula is C58H80N2O8. The number of hydrogen-bond donors (Lipinski definition) is 4. The van der Waals surface area contributed by atoms with Crippen LogP contribution in [0.5, 0.6) is 23.0 Å². The van der Waals surface area contributed by atoms with E-state index in [0.717, 1.165) is 102 Å². The van der Waals surface area contributed by atoms with Crippen LogP contribution in [0.15, 0.2) is 12.1 Å².